The van der Waals surface area contributed by atoms with E-state index >= 15 is 0 Å². The van der Waals surface area contributed by atoms with Gasteiger partial charge in [-0.1, -0.05) is 37.5 Å². The van der Waals surface area contributed by atoms with Crippen LogP contribution in [0, 0.1) is 0 Å². The van der Waals surface area contributed by atoms with Gasteiger partial charge >= 0.3 is 0 Å². The molecule has 0 aliphatic heterocycles. The van der Waals surface area contributed by atoms with Gasteiger partial charge in [0.15, 0.2) is 0 Å². The number of nitrogens with two attached hydrogens (primary N) is 2. The molecular formula is C23H25N5O2. The molecule has 0 saturated heterocycles. The Labute approximate surface area is 175 Å². The fourth-order valence-electron chi connectivity index (χ4n) is 4.12. The first-order chi connectivity index (χ1) is 14.5. The molecule has 0 spiro atoms. The quantitative estimate of drug-likeness (QED) is 0.470. The van der Waals surface area contributed by atoms with Crippen LogP contribution in [0.5, 0.6) is 5.75 Å². The summed E-state index contributed by atoms with van der Waals surface area (Å²) in [5.41, 5.74) is 15.7. The van der Waals surface area contributed by atoms with Gasteiger partial charge in [-0.05, 0) is 42.5 Å². The highest BCUT2D eigenvalue weighted by molar-refractivity contribution is 6.02. The van der Waals surface area contributed by atoms with Gasteiger partial charge < -0.3 is 21.9 Å². The molecule has 1 aliphatic carbocycles. The normalized spacial score (nSPS) is 14.4. The van der Waals surface area contributed by atoms with E-state index in [4.69, 9.17) is 11.5 Å². The van der Waals surface area contributed by atoms with Crippen molar-refractivity contribution in [3.8, 4) is 17.0 Å². The van der Waals surface area contributed by atoms with E-state index in [0.717, 1.165) is 24.0 Å². The van der Waals surface area contributed by atoms with Gasteiger partial charge in [0.1, 0.15) is 17.9 Å². The van der Waals surface area contributed by atoms with Crippen LogP contribution in [0.1, 0.15) is 53.9 Å². The minimum absolute atomic E-state index is 0.165. The summed E-state index contributed by atoms with van der Waals surface area (Å²) < 4.78 is 0. The lowest BCUT2D eigenvalue weighted by Gasteiger charge is -2.26. The zero-order valence-electron chi connectivity index (χ0n) is 16.6. The van der Waals surface area contributed by atoms with Crippen LogP contribution in [-0.4, -0.2) is 21.0 Å². The Morgan fingerprint density at radius 2 is 1.87 bits per heavy atom. The lowest BCUT2D eigenvalue weighted by molar-refractivity contribution is 0.100. The topological polar surface area (TPSA) is 127 Å². The van der Waals surface area contributed by atoms with Crippen LogP contribution in [0.15, 0.2) is 48.8 Å². The molecule has 7 heteroatoms. The van der Waals surface area contributed by atoms with Crippen molar-refractivity contribution in [3.05, 3.63) is 59.9 Å². The smallest absolute Gasteiger partial charge is 0.250 e. The van der Waals surface area contributed by atoms with E-state index in [1.54, 1.807) is 30.3 Å². The lowest BCUT2D eigenvalue weighted by Crippen LogP contribution is -2.17. The fraction of sp³-hybridized carbons (Fsp3) is 0.261. The summed E-state index contributed by atoms with van der Waals surface area (Å²) in [5.74, 6) is 0.527. The number of primary amides is 1. The van der Waals surface area contributed by atoms with E-state index < -0.39 is 5.91 Å². The number of benzene rings is 2. The molecule has 2 aromatic carbocycles. The van der Waals surface area contributed by atoms with Crippen LogP contribution in [0.3, 0.4) is 0 Å². The molecule has 0 radical (unpaired) electrons. The van der Waals surface area contributed by atoms with Gasteiger partial charge in [0.2, 0.25) is 0 Å². The Kier molecular flexibility index (Phi) is 5.52. The highest BCUT2D eigenvalue weighted by atomic mass is 16.3. The highest BCUT2D eigenvalue weighted by Crippen LogP contribution is 2.41. The Morgan fingerprint density at radius 1 is 1.07 bits per heavy atom. The standard InChI is InChI=1S/C23H25N5O2/c24-21-18(23(25)30)10-9-17(14-5-2-1-3-6-14)22(21)28-20-12-19(26-13-27-20)15-7-4-8-16(29)11-15/h4,7-14,29H,1-3,5-6,24H2,(H2,25,30)(H,26,27,28). The molecule has 30 heavy (non-hydrogen) atoms. The van der Waals surface area contributed by atoms with E-state index in [1.807, 2.05) is 12.1 Å². The molecule has 1 aliphatic rings. The number of carbonyl (C=O) groups excluding carboxylic acids is 1. The zero-order chi connectivity index (χ0) is 21.1. The second-order valence-corrected chi connectivity index (χ2v) is 7.65. The third kappa shape index (κ3) is 4.05. The molecule has 1 saturated carbocycles. The number of aromatic hydroxyl groups is 1. The van der Waals surface area contributed by atoms with Crippen molar-refractivity contribution in [3.63, 3.8) is 0 Å². The maximum absolute atomic E-state index is 11.9. The molecule has 4 rings (SSSR count). The van der Waals surface area contributed by atoms with Crippen molar-refractivity contribution in [2.45, 2.75) is 38.0 Å². The monoisotopic (exact) mass is 403 g/mol. The Bertz CT molecular complexity index is 1080. The van der Waals surface area contributed by atoms with Crippen molar-refractivity contribution in [1.29, 1.82) is 0 Å². The second-order valence-electron chi connectivity index (χ2n) is 7.65. The summed E-state index contributed by atoms with van der Waals surface area (Å²) in [5, 5.41) is 13.1. The van der Waals surface area contributed by atoms with Crippen LogP contribution >= 0.6 is 0 Å². The average molecular weight is 403 g/mol. The lowest BCUT2D eigenvalue weighted by atomic mass is 9.82. The molecule has 0 unspecified atom stereocenters. The maximum Gasteiger partial charge on any atom is 0.250 e. The van der Waals surface area contributed by atoms with Gasteiger partial charge in [0.25, 0.3) is 5.91 Å². The van der Waals surface area contributed by atoms with Crippen LogP contribution in [0.2, 0.25) is 0 Å². The largest absolute Gasteiger partial charge is 0.508 e. The SMILES string of the molecule is NC(=O)c1ccc(C2CCCCC2)c(Nc2cc(-c3cccc(O)c3)ncn2)c1N. The first kappa shape index (κ1) is 19.7. The molecule has 0 bridgehead atoms. The molecule has 1 heterocycles. The molecule has 7 nitrogen and oxygen atoms in total. The van der Waals surface area contributed by atoms with Gasteiger partial charge in [-0.2, -0.15) is 0 Å². The third-order valence-corrected chi connectivity index (χ3v) is 5.65. The van der Waals surface area contributed by atoms with Crippen LogP contribution in [0.4, 0.5) is 17.2 Å². The molecular weight excluding hydrogens is 378 g/mol. The Balaban J connectivity index is 1.73. The number of anilines is 3. The summed E-state index contributed by atoms with van der Waals surface area (Å²) >= 11 is 0. The zero-order valence-corrected chi connectivity index (χ0v) is 16.6. The Hall–Kier alpha value is -3.61. The molecule has 154 valence electrons. The Morgan fingerprint density at radius 3 is 2.60 bits per heavy atom. The number of nitrogen functional groups attached to an aromatic ring is 1. The number of nitrogens with one attached hydrogen (secondary N) is 1. The summed E-state index contributed by atoms with van der Waals surface area (Å²) in [6.07, 6.45) is 7.22. The number of rotatable bonds is 5. The van der Waals surface area contributed by atoms with Crippen molar-refractivity contribution in [2.75, 3.05) is 11.1 Å². The number of aromatic nitrogens is 2. The number of hydrogen-bond acceptors (Lipinski definition) is 6. The molecule has 1 fully saturated rings. The second kappa shape index (κ2) is 8.41. The summed E-state index contributed by atoms with van der Waals surface area (Å²) in [6.45, 7) is 0. The summed E-state index contributed by atoms with van der Waals surface area (Å²) in [6, 6.07) is 12.3. The summed E-state index contributed by atoms with van der Waals surface area (Å²) in [7, 11) is 0. The van der Waals surface area contributed by atoms with E-state index in [9.17, 15) is 9.90 Å². The molecule has 1 amide bonds. The number of carbonyl (C=O) groups is 1. The number of phenolic OH excluding ortho intramolecular Hbond substituents is 1. The van der Waals surface area contributed by atoms with Crippen molar-refractivity contribution < 1.29 is 9.90 Å². The first-order valence-corrected chi connectivity index (χ1v) is 10.1. The predicted octanol–water partition coefficient (Wildman–Crippen LogP) is 4.32. The van der Waals surface area contributed by atoms with Gasteiger partial charge in [-0.3, -0.25) is 4.79 Å². The van der Waals surface area contributed by atoms with Gasteiger partial charge in [-0.15, -0.1) is 0 Å². The number of amides is 1. The molecule has 3 aromatic rings. The minimum Gasteiger partial charge on any atom is -0.508 e. The van der Waals surface area contributed by atoms with E-state index in [2.05, 4.69) is 15.3 Å². The van der Waals surface area contributed by atoms with Crippen molar-refractivity contribution in [2.24, 2.45) is 5.73 Å². The number of nitrogens with zero attached hydrogens (tertiary/aromatic N) is 2. The fourth-order valence-corrected chi connectivity index (χ4v) is 4.12. The predicted molar refractivity (Wildman–Crippen MR) is 118 cm³/mol. The summed E-state index contributed by atoms with van der Waals surface area (Å²) in [4.78, 5) is 20.5. The van der Waals surface area contributed by atoms with Crippen LogP contribution in [0.25, 0.3) is 11.3 Å². The van der Waals surface area contributed by atoms with Gasteiger partial charge in [0.05, 0.1) is 22.6 Å². The maximum atomic E-state index is 11.9. The van der Waals surface area contributed by atoms with E-state index in [-0.39, 0.29) is 5.75 Å². The number of hydrogen-bond donors (Lipinski definition) is 4. The minimum atomic E-state index is -0.561. The average Bonchev–Trinajstić information content (AvgIpc) is 2.76. The van der Waals surface area contributed by atoms with Crippen molar-refractivity contribution in [1.82, 2.24) is 9.97 Å². The van der Waals surface area contributed by atoms with Crippen LogP contribution < -0.4 is 16.8 Å². The van der Waals surface area contributed by atoms with E-state index in [0.29, 0.717) is 34.4 Å². The molecule has 0 atom stereocenters. The van der Waals surface area contributed by atoms with Gasteiger partial charge in [0, 0.05) is 11.6 Å². The highest BCUT2D eigenvalue weighted by Gasteiger charge is 2.23. The van der Waals surface area contributed by atoms with Gasteiger partial charge in [-0.25, -0.2) is 9.97 Å². The van der Waals surface area contributed by atoms with Crippen LogP contribution in [-0.2, 0) is 0 Å². The molecule has 6 N–H and O–H groups in total. The molecule has 1 aromatic heterocycles. The third-order valence-electron chi connectivity index (χ3n) is 5.65. The first-order valence-electron chi connectivity index (χ1n) is 10.1. The number of phenols is 1. The van der Waals surface area contributed by atoms with Crippen molar-refractivity contribution >= 4 is 23.1 Å². The van der Waals surface area contributed by atoms with E-state index in [1.165, 1.54) is 25.6 Å².